The van der Waals surface area contributed by atoms with Crippen LogP contribution in [0.1, 0.15) is 52.9 Å². The van der Waals surface area contributed by atoms with Crippen LogP contribution in [0.15, 0.2) is 11.6 Å². The van der Waals surface area contributed by atoms with Crippen molar-refractivity contribution in [1.29, 1.82) is 0 Å². The maximum absolute atomic E-state index is 10.9. The first kappa shape index (κ1) is 16.2. The van der Waals surface area contributed by atoms with Crippen molar-refractivity contribution in [2.45, 2.75) is 52.9 Å². The van der Waals surface area contributed by atoms with Crippen molar-refractivity contribution in [3.05, 3.63) is 11.6 Å². The lowest BCUT2D eigenvalue weighted by Gasteiger charge is -2.11. The van der Waals surface area contributed by atoms with E-state index in [1.165, 1.54) is 0 Å². The van der Waals surface area contributed by atoms with Gasteiger partial charge in [-0.1, -0.05) is 25.5 Å². The van der Waals surface area contributed by atoms with Crippen LogP contribution >= 0.6 is 0 Å². The van der Waals surface area contributed by atoms with E-state index in [9.17, 15) is 4.79 Å². The number of rotatable bonds is 9. The summed E-state index contributed by atoms with van der Waals surface area (Å²) in [7, 11) is 0. The maximum atomic E-state index is 10.9. The summed E-state index contributed by atoms with van der Waals surface area (Å²) in [5.74, 6) is -0.416. The van der Waals surface area contributed by atoms with Gasteiger partial charge in [0.25, 0.3) is 0 Å². The molecule has 0 fully saturated rings. The zero-order chi connectivity index (χ0) is 13.3. The molecule has 3 heteroatoms. The van der Waals surface area contributed by atoms with Crippen molar-refractivity contribution in [3.63, 3.8) is 0 Å². The van der Waals surface area contributed by atoms with Crippen LogP contribution in [0.25, 0.3) is 0 Å². The highest BCUT2D eigenvalue weighted by molar-refractivity contribution is 5.70. The van der Waals surface area contributed by atoms with E-state index in [4.69, 9.17) is 10.2 Å². The van der Waals surface area contributed by atoms with E-state index in [1.807, 2.05) is 13.8 Å². The van der Waals surface area contributed by atoms with Crippen LogP contribution in [-0.4, -0.2) is 22.8 Å². The van der Waals surface area contributed by atoms with Crippen molar-refractivity contribution in [2.24, 2.45) is 11.8 Å². The highest BCUT2D eigenvalue weighted by Gasteiger charge is 2.14. The summed E-state index contributed by atoms with van der Waals surface area (Å²) in [4.78, 5) is 10.9. The first-order valence-electron chi connectivity index (χ1n) is 6.50. The number of hydrogen-bond donors (Lipinski definition) is 2. The van der Waals surface area contributed by atoms with Gasteiger partial charge in [0.05, 0.1) is 5.92 Å². The molecule has 0 aliphatic rings. The Bertz CT molecular complexity index is 246. The first-order chi connectivity index (χ1) is 8.01. The molecule has 17 heavy (non-hydrogen) atoms. The zero-order valence-corrected chi connectivity index (χ0v) is 11.3. The van der Waals surface area contributed by atoms with Gasteiger partial charge in [-0.15, -0.1) is 0 Å². The van der Waals surface area contributed by atoms with Crippen LogP contribution in [0.4, 0.5) is 0 Å². The number of aliphatic carboxylic acids is 1. The summed E-state index contributed by atoms with van der Waals surface area (Å²) in [5, 5.41) is 17.7. The van der Waals surface area contributed by atoms with Gasteiger partial charge in [0.15, 0.2) is 0 Å². The lowest BCUT2D eigenvalue weighted by Crippen LogP contribution is -2.12. The average Bonchev–Trinajstić information content (AvgIpc) is 2.25. The number of carbonyl (C=O) groups is 1. The third-order valence-electron chi connectivity index (χ3n) is 3.18. The Morgan fingerprint density at radius 3 is 2.47 bits per heavy atom. The smallest absolute Gasteiger partial charge is 0.306 e. The van der Waals surface area contributed by atoms with E-state index in [0.717, 1.165) is 24.8 Å². The molecule has 100 valence electrons. The fourth-order valence-corrected chi connectivity index (χ4v) is 1.86. The molecule has 0 saturated carbocycles. The summed E-state index contributed by atoms with van der Waals surface area (Å²) in [6, 6.07) is 0. The van der Waals surface area contributed by atoms with Gasteiger partial charge >= 0.3 is 5.97 Å². The van der Waals surface area contributed by atoms with Gasteiger partial charge in [0, 0.05) is 6.61 Å². The third kappa shape index (κ3) is 7.97. The Morgan fingerprint density at radius 2 is 2.00 bits per heavy atom. The fourth-order valence-electron chi connectivity index (χ4n) is 1.86. The monoisotopic (exact) mass is 242 g/mol. The van der Waals surface area contributed by atoms with Crippen molar-refractivity contribution < 1.29 is 15.0 Å². The predicted molar refractivity (Wildman–Crippen MR) is 69.9 cm³/mol. The number of aliphatic hydroxyl groups is 1. The molecule has 0 aliphatic heterocycles. The van der Waals surface area contributed by atoms with Crippen LogP contribution < -0.4 is 0 Å². The molecule has 0 aromatic heterocycles. The molecule has 0 spiro atoms. The molecule has 1 unspecified atom stereocenters. The SMILES string of the molecule is CCC(C/C(C)=C/CC[C@H](C)CCO)C(=O)O. The lowest BCUT2D eigenvalue weighted by atomic mass is 9.96. The highest BCUT2D eigenvalue weighted by Crippen LogP contribution is 2.17. The summed E-state index contributed by atoms with van der Waals surface area (Å²) in [6.45, 7) is 6.30. The molecule has 0 aromatic rings. The van der Waals surface area contributed by atoms with E-state index in [2.05, 4.69) is 13.0 Å². The normalized spacial score (nSPS) is 15.6. The van der Waals surface area contributed by atoms with E-state index < -0.39 is 5.97 Å². The lowest BCUT2D eigenvalue weighted by molar-refractivity contribution is -0.141. The number of allylic oxidation sites excluding steroid dienone is 2. The number of aliphatic hydroxyl groups excluding tert-OH is 1. The van der Waals surface area contributed by atoms with Gasteiger partial charge in [-0.05, 0) is 44.9 Å². The van der Waals surface area contributed by atoms with Crippen molar-refractivity contribution in [3.8, 4) is 0 Å². The Labute approximate surface area is 105 Å². The Kier molecular flexibility index (Phi) is 8.78. The van der Waals surface area contributed by atoms with E-state index >= 15 is 0 Å². The average molecular weight is 242 g/mol. The van der Waals surface area contributed by atoms with Gasteiger partial charge in [0.2, 0.25) is 0 Å². The van der Waals surface area contributed by atoms with Gasteiger partial charge < -0.3 is 10.2 Å². The van der Waals surface area contributed by atoms with Crippen molar-refractivity contribution in [2.75, 3.05) is 6.61 Å². The molecule has 0 aliphatic carbocycles. The molecule has 0 bridgehead atoms. The first-order valence-corrected chi connectivity index (χ1v) is 6.50. The summed E-state index contributed by atoms with van der Waals surface area (Å²) < 4.78 is 0. The van der Waals surface area contributed by atoms with E-state index in [0.29, 0.717) is 18.8 Å². The van der Waals surface area contributed by atoms with Crippen molar-refractivity contribution in [1.82, 2.24) is 0 Å². The molecule has 0 rings (SSSR count). The second kappa shape index (κ2) is 9.23. The number of carboxylic acid groups (broad SMARTS) is 1. The minimum atomic E-state index is -0.700. The zero-order valence-electron chi connectivity index (χ0n) is 11.3. The van der Waals surface area contributed by atoms with Crippen LogP contribution in [0.3, 0.4) is 0 Å². The molecule has 0 heterocycles. The van der Waals surface area contributed by atoms with Gasteiger partial charge in [-0.3, -0.25) is 4.79 Å². The van der Waals surface area contributed by atoms with Crippen LogP contribution in [0.2, 0.25) is 0 Å². The molecular weight excluding hydrogens is 216 g/mol. The van der Waals surface area contributed by atoms with Crippen LogP contribution in [0.5, 0.6) is 0 Å². The topological polar surface area (TPSA) is 57.5 Å². The van der Waals surface area contributed by atoms with E-state index in [-0.39, 0.29) is 12.5 Å². The Morgan fingerprint density at radius 1 is 1.35 bits per heavy atom. The summed E-state index contributed by atoms with van der Waals surface area (Å²) in [6.07, 6.45) is 6.35. The molecular formula is C14H26O3. The molecule has 0 amide bonds. The largest absolute Gasteiger partial charge is 0.481 e. The number of hydrogen-bond acceptors (Lipinski definition) is 2. The third-order valence-corrected chi connectivity index (χ3v) is 3.18. The van der Waals surface area contributed by atoms with E-state index in [1.54, 1.807) is 0 Å². The second-order valence-electron chi connectivity index (χ2n) is 4.89. The molecule has 0 saturated heterocycles. The van der Waals surface area contributed by atoms with Gasteiger partial charge in [0.1, 0.15) is 0 Å². The minimum absolute atomic E-state index is 0.249. The summed E-state index contributed by atoms with van der Waals surface area (Å²) in [5.41, 5.74) is 1.16. The standard InChI is InChI=1S/C14H26O3/c1-4-13(14(16)17)10-12(3)7-5-6-11(2)8-9-15/h7,11,13,15H,4-6,8-10H2,1-3H3,(H,16,17)/b12-7+/t11-,13?/m0/s1. The van der Waals surface area contributed by atoms with Crippen LogP contribution in [0, 0.1) is 11.8 Å². The summed E-state index contributed by atoms with van der Waals surface area (Å²) >= 11 is 0. The molecule has 0 aromatic carbocycles. The second-order valence-corrected chi connectivity index (χ2v) is 4.89. The van der Waals surface area contributed by atoms with Gasteiger partial charge in [-0.2, -0.15) is 0 Å². The molecule has 3 nitrogen and oxygen atoms in total. The Hall–Kier alpha value is -0.830. The van der Waals surface area contributed by atoms with Gasteiger partial charge in [-0.25, -0.2) is 0 Å². The minimum Gasteiger partial charge on any atom is -0.481 e. The fraction of sp³-hybridized carbons (Fsp3) is 0.786. The predicted octanol–water partition coefficient (Wildman–Crippen LogP) is 3.23. The Balaban J connectivity index is 3.96. The highest BCUT2D eigenvalue weighted by atomic mass is 16.4. The molecule has 2 atom stereocenters. The van der Waals surface area contributed by atoms with Crippen molar-refractivity contribution >= 4 is 5.97 Å². The number of carboxylic acids is 1. The quantitative estimate of drug-likeness (QED) is 0.610. The maximum Gasteiger partial charge on any atom is 0.306 e. The molecule has 2 N–H and O–H groups in total. The van der Waals surface area contributed by atoms with Crippen LogP contribution in [-0.2, 0) is 4.79 Å². The molecule has 0 radical (unpaired) electrons.